The second kappa shape index (κ2) is 8.34. The molecular formula is C16H15BrN2O8S2. The van der Waals surface area contributed by atoms with Crippen molar-refractivity contribution in [2.45, 2.75) is 17.8 Å². The Morgan fingerprint density at radius 1 is 1.31 bits per heavy atom. The lowest BCUT2D eigenvalue weighted by Crippen LogP contribution is -2.70. The molecule has 1 fully saturated rings. The van der Waals surface area contributed by atoms with Gasteiger partial charge in [-0.05, 0) is 17.7 Å². The molecule has 0 aliphatic carbocycles. The monoisotopic (exact) mass is 506 g/mol. The maximum atomic E-state index is 12.3. The van der Waals surface area contributed by atoms with Crippen molar-refractivity contribution in [1.29, 1.82) is 0 Å². The van der Waals surface area contributed by atoms with E-state index in [2.05, 4.69) is 21.2 Å². The van der Waals surface area contributed by atoms with Gasteiger partial charge in [-0.25, -0.2) is 4.79 Å². The molecule has 156 valence electrons. The average molecular weight is 507 g/mol. The number of carbonyl (C=O) groups excluding carboxylic acids is 2. The van der Waals surface area contributed by atoms with Gasteiger partial charge in [-0.15, -0.1) is 11.8 Å². The van der Waals surface area contributed by atoms with Crippen LogP contribution < -0.4 is 10.1 Å². The van der Waals surface area contributed by atoms with Crippen molar-refractivity contribution in [1.82, 2.24) is 10.2 Å². The third-order valence-electron chi connectivity index (χ3n) is 4.10. The number of thioether (sulfide) groups is 1. The first-order chi connectivity index (χ1) is 13.6. The van der Waals surface area contributed by atoms with E-state index in [0.29, 0.717) is 15.8 Å². The van der Waals surface area contributed by atoms with Crippen molar-refractivity contribution in [2.24, 2.45) is 0 Å². The summed E-state index contributed by atoms with van der Waals surface area (Å²) in [4.78, 5) is 37.1. The lowest BCUT2D eigenvalue weighted by Gasteiger charge is -2.48. The van der Waals surface area contributed by atoms with Crippen molar-refractivity contribution < 1.29 is 37.2 Å². The number of rotatable bonds is 7. The van der Waals surface area contributed by atoms with E-state index >= 15 is 0 Å². The van der Waals surface area contributed by atoms with Crippen LogP contribution in [0.3, 0.4) is 0 Å². The van der Waals surface area contributed by atoms with E-state index in [9.17, 15) is 27.9 Å². The number of β-lactam (4-membered cyclic amide) rings is 1. The summed E-state index contributed by atoms with van der Waals surface area (Å²) < 4.78 is 35.3. The molecule has 1 aromatic rings. The van der Waals surface area contributed by atoms with Gasteiger partial charge in [0, 0.05) is 10.2 Å². The Balaban J connectivity index is 1.57. The molecule has 0 radical (unpaired) electrons. The molecule has 2 aliphatic rings. The molecule has 0 aromatic heterocycles. The van der Waals surface area contributed by atoms with Gasteiger partial charge < -0.3 is 15.2 Å². The highest BCUT2D eigenvalue weighted by Gasteiger charge is 2.53. The highest BCUT2D eigenvalue weighted by molar-refractivity contribution is 9.11. The summed E-state index contributed by atoms with van der Waals surface area (Å²) in [5.74, 6) is -2.41. The predicted molar refractivity (Wildman–Crippen MR) is 106 cm³/mol. The number of halogens is 1. The summed E-state index contributed by atoms with van der Waals surface area (Å²) in [5, 5.41) is 11.4. The quantitative estimate of drug-likeness (QED) is 0.355. The number of aliphatic carboxylic acids is 1. The third kappa shape index (κ3) is 4.91. The van der Waals surface area contributed by atoms with Crippen LogP contribution in [-0.4, -0.2) is 63.9 Å². The normalized spacial score (nSPS) is 21.3. The largest absolute Gasteiger partial charge is 0.477 e. The van der Waals surface area contributed by atoms with Gasteiger partial charge in [-0.1, -0.05) is 28.1 Å². The molecule has 2 atom stereocenters. The fraction of sp³-hybridized carbons (Fsp3) is 0.312. The summed E-state index contributed by atoms with van der Waals surface area (Å²) in [5.41, 5.74) is 0.486. The summed E-state index contributed by atoms with van der Waals surface area (Å²) >= 11 is 4.51. The second-order valence-corrected chi connectivity index (χ2v) is 9.64. The highest BCUT2D eigenvalue weighted by Crippen LogP contribution is 2.41. The van der Waals surface area contributed by atoms with Crippen LogP contribution in [0.25, 0.3) is 0 Å². The van der Waals surface area contributed by atoms with Crippen molar-refractivity contribution in [3.05, 3.63) is 40.0 Å². The molecule has 0 spiro atoms. The molecular weight excluding hydrogens is 492 g/mol. The molecule has 2 aliphatic heterocycles. The van der Waals surface area contributed by atoms with E-state index in [1.54, 1.807) is 12.1 Å². The average Bonchev–Trinajstić information content (AvgIpc) is 2.64. The van der Waals surface area contributed by atoms with Gasteiger partial charge in [-0.2, -0.15) is 8.42 Å². The number of fused-ring (bicyclic) bond motifs is 1. The van der Waals surface area contributed by atoms with Crippen LogP contribution in [0.15, 0.2) is 34.4 Å². The Kier molecular flexibility index (Phi) is 6.22. The summed E-state index contributed by atoms with van der Waals surface area (Å²) in [6, 6.07) is 5.18. The van der Waals surface area contributed by atoms with Crippen molar-refractivity contribution >= 4 is 55.6 Å². The third-order valence-corrected chi connectivity index (χ3v) is 6.83. The number of ether oxygens (including phenoxy) is 1. The number of nitrogens with zero attached hydrogens (tertiary/aromatic N) is 1. The Hall–Kier alpha value is -2.09. The maximum Gasteiger partial charge on any atom is 0.353 e. The second-order valence-electron chi connectivity index (χ2n) is 6.18. The van der Waals surface area contributed by atoms with Gasteiger partial charge in [0.05, 0.1) is 6.42 Å². The first kappa shape index (κ1) is 21.6. The maximum absolute atomic E-state index is 12.3. The van der Waals surface area contributed by atoms with E-state index in [1.807, 2.05) is 0 Å². The molecule has 1 aromatic carbocycles. The van der Waals surface area contributed by atoms with Gasteiger partial charge in [-0.3, -0.25) is 19.0 Å². The minimum absolute atomic E-state index is 0.0366. The lowest BCUT2D eigenvalue weighted by molar-refractivity contribution is -0.150. The number of nitrogens with one attached hydrogen (secondary N) is 1. The molecule has 1 saturated heterocycles. The first-order valence-electron chi connectivity index (χ1n) is 8.09. The van der Waals surface area contributed by atoms with E-state index < -0.39 is 45.3 Å². The number of benzene rings is 1. The van der Waals surface area contributed by atoms with Crippen molar-refractivity contribution in [3.8, 4) is 5.75 Å². The summed E-state index contributed by atoms with van der Waals surface area (Å²) in [6.45, 7) is 0. The van der Waals surface area contributed by atoms with Gasteiger partial charge in [0.2, 0.25) is 11.8 Å². The summed E-state index contributed by atoms with van der Waals surface area (Å²) in [6.07, 6.45) is -0.0366. The molecule has 1 unspecified atom stereocenters. The zero-order valence-corrected chi connectivity index (χ0v) is 17.8. The van der Waals surface area contributed by atoms with E-state index in [1.165, 1.54) is 23.9 Å². The number of amides is 2. The zero-order chi connectivity index (χ0) is 21.3. The molecule has 0 bridgehead atoms. The molecule has 2 amide bonds. The lowest BCUT2D eigenvalue weighted by atomic mass is 10.0. The molecule has 13 heteroatoms. The smallest absolute Gasteiger partial charge is 0.353 e. The molecule has 10 nitrogen and oxygen atoms in total. The first-order valence-corrected chi connectivity index (χ1v) is 11.5. The van der Waals surface area contributed by atoms with E-state index in [4.69, 9.17) is 9.29 Å². The zero-order valence-electron chi connectivity index (χ0n) is 14.6. The van der Waals surface area contributed by atoms with Gasteiger partial charge >= 0.3 is 16.1 Å². The Labute approximate surface area is 178 Å². The standard InChI is InChI=1S/C16H15BrN2O8S2/c17-10-6-28-15-12(14(21)19(15)13(10)16(22)23)18-11(20)5-8-1-3-9(4-2-8)27-7-29(24,25)26/h1-4,12,15H,5-7H2,(H,18,20)(H,22,23)(H,24,25,26)/t12?,15-/m0/s1. The Bertz CT molecular complexity index is 993. The van der Waals surface area contributed by atoms with Crippen LogP contribution in [-0.2, 0) is 30.9 Å². The van der Waals surface area contributed by atoms with Crippen LogP contribution in [0.1, 0.15) is 5.56 Å². The van der Waals surface area contributed by atoms with E-state index in [0.717, 1.165) is 4.90 Å². The van der Waals surface area contributed by atoms with E-state index in [-0.39, 0.29) is 17.9 Å². The minimum atomic E-state index is -4.26. The highest BCUT2D eigenvalue weighted by atomic mass is 79.9. The Morgan fingerprint density at radius 2 is 1.97 bits per heavy atom. The van der Waals surface area contributed by atoms with Crippen LogP contribution in [0, 0.1) is 0 Å². The number of carbonyl (C=O) groups is 3. The van der Waals surface area contributed by atoms with Crippen LogP contribution in [0.5, 0.6) is 5.75 Å². The summed E-state index contributed by atoms with van der Waals surface area (Å²) in [7, 11) is -4.26. The molecule has 29 heavy (non-hydrogen) atoms. The van der Waals surface area contributed by atoms with Crippen molar-refractivity contribution in [3.63, 3.8) is 0 Å². The number of carboxylic acids is 1. The predicted octanol–water partition coefficient (Wildman–Crippen LogP) is 0.544. The number of hydrogen-bond acceptors (Lipinski definition) is 7. The molecule has 3 N–H and O–H groups in total. The number of hydrogen-bond donors (Lipinski definition) is 3. The fourth-order valence-corrected chi connectivity index (χ4v) is 5.07. The molecule has 0 saturated carbocycles. The topological polar surface area (TPSA) is 150 Å². The Morgan fingerprint density at radius 3 is 2.55 bits per heavy atom. The SMILES string of the molecule is O=C(Cc1ccc(OCS(=O)(=O)O)cc1)NC1C(=O)N2C(C(=O)O)=C(Br)CS[C@@H]12. The van der Waals surface area contributed by atoms with Crippen LogP contribution in [0.2, 0.25) is 0 Å². The van der Waals surface area contributed by atoms with Crippen molar-refractivity contribution in [2.75, 3.05) is 11.7 Å². The van der Waals surface area contributed by atoms with Gasteiger partial charge in [0.25, 0.3) is 5.91 Å². The fourth-order valence-electron chi connectivity index (χ4n) is 2.84. The molecule has 3 rings (SSSR count). The molecule has 2 heterocycles. The van der Waals surface area contributed by atoms with Crippen LogP contribution in [0.4, 0.5) is 0 Å². The van der Waals surface area contributed by atoms with Gasteiger partial charge in [0.1, 0.15) is 22.9 Å². The number of carboxylic acid groups (broad SMARTS) is 1. The minimum Gasteiger partial charge on any atom is -0.477 e. The van der Waals surface area contributed by atoms with Gasteiger partial charge in [0.15, 0.2) is 0 Å². The van der Waals surface area contributed by atoms with Crippen LogP contribution >= 0.6 is 27.7 Å².